The van der Waals surface area contributed by atoms with E-state index in [1.165, 1.54) is 0 Å². The third kappa shape index (κ3) is 4.56. The largest absolute Gasteiger partial charge is 0.493 e. The van der Waals surface area contributed by atoms with E-state index in [9.17, 15) is 13.2 Å². The van der Waals surface area contributed by atoms with Gasteiger partial charge in [0.2, 0.25) is 10.0 Å². The number of ether oxygens (including phenoxy) is 1. The highest BCUT2D eigenvalue weighted by molar-refractivity contribution is 7.92. The first-order chi connectivity index (χ1) is 11.0. The Hall–Kier alpha value is -1.86. The van der Waals surface area contributed by atoms with Crippen LogP contribution in [0.25, 0.3) is 0 Å². The average molecular weight is 338 g/mol. The second kappa shape index (κ2) is 7.61. The van der Waals surface area contributed by atoms with Gasteiger partial charge in [0, 0.05) is 25.0 Å². The highest BCUT2D eigenvalue weighted by Gasteiger charge is 2.28. The Morgan fingerprint density at radius 1 is 1.48 bits per heavy atom. The Morgan fingerprint density at radius 2 is 2.22 bits per heavy atom. The highest BCUT2D eigenvalue weighted by Crippen LogP contribution is 2.24. The normalized spacial score (nSPS) is 18.0. The monoisotopic (exact) mass is 338 g/mol. The van der Waals surface area contributed by atoms with E-state index in [1.54, 1.807) is 17.0 Å². The zero-order chi connectivity index (χ0) is 16.9. The van der Waals surface area contributed by atoms with Crippen LogP contribution < -0.4 is 9.46 Å². The Morgan fingerprint density at radius 3 is 2.91 bits per heavy atom. The molecule has 1 fully saturated rings. The number of nitrogens with zero attached hydrogens (tertiary/aromatic N) is 1. The molecule has 0 aliphatic carbocycles. The molecule has 0 saturated carbocycles. The average Bonchev–Trinajstić information content (AvgIpc) is 3.02. The van der Waals surface area contributed by atoms with E-state index in [4.69, 9.17) is 4.74 Å². The number of benzene rings is 1. The van der Waals surface area contributed by atoms with Crippen LogP contribution in [-0.4, -0.2) is 45.5 Å². The second-order valence-electron chi connectivity index (χ2n) is 5.40. The summed E-state index contributed by atoms with van der Waals surface area (Å²) in [4.78, 5) is 14.4. The molecule has 1 aromatic rings. The lowest BCUT2D eigenvalue weighted by molar-refractivity contribution is 0.0783. The molecule has 0 spiro atoms. The van der Waals surface area contributed by atoms with Crippen molar-refractivity contribution >= 4 is 15.9 Å². The number of nitrogens with one attached hydrogen (secondary N) is 1. The van der Waals surface area contributed by atoms with Crippen molar-refractivity contribution in [1.82, 2.24) is 9.62 Å². The van der Waals surface area contributed by atoms with Gasteiger partial charge >= 0.3 is 0 Å². The molecule has 2 rings (SSSR count). The number of likely N-dealkylation sites (tertiary alicyclic amines) is 1. The van der Waals surface area contributed by atoms with Gasteiger partial charge in [-0.25, -0.2) is 13.1 Å². The highest BCUT2D eigenvalue weighted by atomic mass is 32.2. The van der Waals surface area contributed by atoms with Crippen LogP contribution in [0.4, 0.5) is 0 Å². The number of carbonyl (C=O) groups excluding carboxylic acids is 1. The zero-order valence-corrected chi connectivity index (χ0v) is 14.0. The number of amides is 1. The van der Waals surface area contributed by atoms with Crippen molar-refractivity contribution in [1.29, 1.82) is 0 Å². The summed E-state index contributed by atoms with van der Waals surface area (Å²) < 4.78 is 30.7. The number of hydrogen-bond donors (Lipinski definition) is 1. The molecule has 0 unspecified atom stereocenters. The van der Waals surface area contributed by atoms with E-state index in [1.807, 2.05) is 19.1 Å². The van der Waals surface area contributed by atoms with Gasteiger partial charge in [-0.1, -0.05) is 18.7 Å². The van der Waals surface area contributed by atoms with Crippen LogP contribution in [0.3, 0.4) is 0 Å². The van der Waals surface area contributed by atoms with E-state index in [0.717, 1.165) is 11.8 Å². The quantitative estimate of drug-likeness (QED) is 0.819. The van der Waals surface area contributed by atoms with Crippen molar-refractivity contribution in [2.24, 2.45) is 5.92 Å². The van der Waals surface area contributed by atoms with Gasteiger partial charge in [0.15, 0.2) is 0 Å². The van der Waals surface area contributed by atoms with Crippen LogP contribution in [-0.2, 0) is 10.0 Å². The van der Waals surface area contributed by atoms with Crippen LogP contribution in [0.1, 0.15) is 23.7 Å². The summed E-state index contributed by atoms with van der Waals surface area (Å²) in [7, 11) is -3.42. The predicted octanol–water partition coefficient (Wildman–Crippen LogP) is 1.61. The Labute approximate surface area is 137 Å². The third-order valence-electron chi connectivity index (χ3n) is 3.78. The van der Waals surface area contributed by atoms with Gasteiger partial charge in [-0.3, -0.25) is 4.79 Å². The van der Waals surface area contributed by atoms with Crippen molar-refractivity contribution in [3.05, 3.63) is 41.8 Å². The fraction of sp³-hybridized carbons (Fsp3) is 0.438. The minimum absolute atomic E-state index is 0.0804. The lowest BCUT2D eigenvalue weighted by atomic mass is 10.1. The molecule has 1 amide bonds. The Kier molecular flexibility index (Phi) is 5.79. The number of rotatable bonds is 7. The SMILES string of the molecule is C=CS(=O)(=O)NC[C@H]1CCN(C(=O)c2ccccc2OCC)C1. The van der Waals surface area contributed by atoms with E-state index >= 15 is 0 Å². The maximum Gasteiger partial charge on any atom is 0.257 e. The van der Waals surface area contributed by atoms with Gasteiger partial charge < -0.3 is 9.64 Å². The number of hydrogen-bond acceptors (Lipinski definition) is 4. The van der Waals surface area contributed by atoms with Gasteiger partial charge in [-0.05, 0) is 31.4 Å². The second-order valence-corrected chi connectivity index (χ2v) is 7.11. The maximum atomic E-state index is 12.6. The molecule has 0 aromatic heterocycles. The molecule has 1 N–H and O–H groups in total. The molecule has 1 heterocycles. The summed E-state index contributed by atoms with van der Waals surface area (Å²) in [6.07, 6.45) is 0.766. The predicted molar refractivity (Wildman–Crippen MR) is 88.7 cm³/mol. The van der Waals surface area contributed by atoms with Gasteiger partial charge in [0.1, 0.15) is 5.75 Å². The molecule has 126 valence electrons. The first-order valence-corrected chi connectivity index (χ1v) is 9.14. The summed E-state index contributed by atoms with van der Waals surface area (Å²) in [5.41, 5.74) is 0.543. The van der Waals surface area contributed by atoms with E-state index in [-0.39, 0.29) is 11.8 Å². The molecule has 0 bridgehead atoms. The fourth-order valence-electron chi connectivity index (χ4n) is 2.57. The molecule has 0 radical (unpaired) electrons. The van der Waals surface area contributed by atoms with Crippen molar-refractivity contribution in [3.63, 3.8) is 0 Å². The number of sulfonamides is 1. The van der Waals surface area contributed by atoms with Crippen molar-refractivity contribution in [2.75, 3.05) is 26.2 Å². The van der Waals surface area contributed by atoms with E-state index in [0.29, 0.717) is 37.6 Å². The summed E-state index contributed by atoms with van der Waals surface area (Å²) in [6, 6.07) is 7.17. The molecule has 1 aliphatic heterocycles. The molecule has 1 aliphatic rings. The van der Waals surface area contributed by atoms with Crippen molar-refractivity contribution in [3.8, 4) is 5.75 Å². The molecule has 7 heteroatoms. The standard InChI is InChI=1S/C16H22N2O4S/c1-3-22-15-8-6-5-7-14(15)16(19)18-10-9-13(12-18)11-17-23(20,21)4-2/h4-8,13,17H,2-3,9-12H2,1H3/t13-/m1/s1. The maximum absolute atomic E-state index is 12.6. The van der Waals surface area contributed by atoms with Crippen molar-refractivity contribution < 1.29 is 17.9 Å². The lowest BCUT2D eigenvalue weighted by Gasteiger charge is -2.18. The van der Waals surface area contributed by atoms with Crippen LogP contribution in [0.5, 0.6) is 5.75 Å². The number of carbonyl (C=O) groups is 1. The van der Waals surface area contributed by atoms with Crippen LogP contribution >= 0.6 is 0 Å². The lowest BCUT2D eigenvalue weighted by Crippen LogP contribution is -2.32. The summed E-state index contributed by atoms with van der Waals surface area (Å²) in [6.45, 7) is 7.08. The molecule has 1 saturated heterocycles. The minimum Gasteiger partial charge on any atom is -0.493 e. The summed E-state index contributed by atoms with van der Waals surface area (Å²) in [5.74, 6) is 0.604. The topological polar surface area (TPSA) is 75.7 Å². The number of para-hydroxylation sites is 1. The molecule has 23 heavy (non-hydrogen) atoms. The molecular weight excluding hydrogens is 316 g/mol. The van der Waals surface area contributed by atoms with Gasteiger partial charge in [-0.2, -0.15) is 0 Å². The minimum atomic E-state index is -3.42. The third-order valence-corrected chi connectivity index (χ3v) is 4.79. The smallest absolute Gasteiger partial charge is 0.257 e. The summed E-state index contributed by atoms with van der Waals surface area (Å²) >= 11 is 0. The van der Waals surface area contributed by atoms with Crippen LogP contribution in [0.2, 0.25) is 0 Å². The first kappa shape index (κ1) is 17.5. The molecular formula is C16H22N2O4S. The first-order valence-electron chi connectivity index (χ1n) is 7.60. The van der Waals surface area contributed by atoms with Crippen LogP contribution in [0.15, 0.2) is 36.3 Å². The van der Waals surface area contributed by atoms with Gasteiger partial charge in [0.25, 0.3) is 5.91 Å². The Balaban J connectivity index is 1.99. The summed E-state index contributed by atoms with van der Waals surface area (Å²) in [5, 5.41) is 0.892. The van der Waals surface area contributed by atoms with E-state index in [2.05, 4.69) is 11.3 Å². The molecule has 1 atom stereocenters. The fourth-order valence-corrected chi connectivity index (χ4v) is 3.16. The van der Waals surface area contributed by atoms with Gasteiger partial charge in [0.05, 0.1) is 12.2 Å². The zero-order valence-electron chi connectivity index (χ0n) is 13.2. The Bertz CT molecular complexity index is 672. The molecule has 6 nitrogen and oxygen atoms in total. The molecule has 1 aromatic carbocycles. The van der Waals surface area contributed by atoms with E-state index < -0.39 is 10.0 Å². The van der Waals surface area contributed by atoms with Crippen molar-refractivity contribution in [2.45, 2.75) is 13.3 Å². The van der Waals surface area contributed by atoms with Crippen LogP contribution in [0, 0.1) is 5.92 Å². The van der Waals surface area contributed by atoms with Gasteiger partial charge in [-0.15, -0.1) is 0 Å².